The minimum Gasteiger partial charge on any atom is -0.358 e. The number of aromatic amines is 1. The molecule has 1 saturated heterocycles. The number of sulfone groups is 1. The Hall–Kier alpha value is -1.89. The lowest BCUT2D eigenvalue weighted by molar-refractivity contribution is -0.130. The number of hydrogen-bond acceptors (Lipinski definition) is 3. The molecule has 1 fully saturated rings. The van der Waals surface area contributed by atoms with Crippen LogP contribution in [-0.2, 0) is 21.1 Å². The van der Waals surface area contributed by atoms with Crippen LogP contribution in [0.5, 0.6) is 0 Å². The van der Waals surface area contributed by atoms with Crippen molar-refractivity contribution in [3.8, 4) is 0 Å². The molecule has 3 rings (SSSR count). The topological polar surface area (TPSA) is 70.2 Å². The van der Waals surface area contributed by atoms with Crippen LogP contribution in [-0.4, -0.2) is 48.8 Å². The number of carbonyl (C=O) groups excluding carboxylic acids is 1. The van der Waals surface area contributed by atoms with E-state index in [-0.39, 0.29) is 35.7 Å². The fourth-order valence-electron chi connectivity index (χ4n) is 3.14. The van der Waals surface area contributed by atoms with E-state index in [0.29, 0.717) is 11.8 Å². The van der Waals surface area contributed by atoms with E-state index in [0.717, 1.165) is 16.8 Å². The van der Waals surface area contributed by atoms with E-state index in [2.05, 4.69) is 4.98 Å². The SMILES string of the molecule is Cc1[nH]c2ccc(F)cc2c1CC(=O)N(C)[C@@H]1CCS(=O)(=O)C1. The van der Waals surface area contributed by atoms with E-state index < -0.39 is 9.84 Å². The van der Waals surface area contributed by atoms with Crippen LogP contribution in [0.3, 0.4) is 0 Å². The number of nitrogens with zero attached hydrogens (tertiary/aromatic N) is 1. The Balaban J connectivity index is 1.83. The van der Waals surface area contributed by atoms with Crippen molar-refractivity contribution in [1.29, 1.82) is 0 Å². The molecule has 0 saturated carbocycles. The summed E-state index contributed by atoms with van der Waals surface area (Å²) in [6.07, 6.45) is 0.606. The van der Waals surface area contributed by atoms with Gasteiger partial charge < -0.3 is 9.88 Å². The number of halogens is 1. The van der Waals surface area contributed by atoms with Crippen LogP contribution in [0.4, 0.5) is 4.39 Å². The van der Waals surface area contributed by atoms with Gasteiger partial charge in [-0.25, -0.2) is 12.8 Å². The van der Waals surface area contributed by atoms with Gasteiger partial charge in [-0.2, -0.15) is 0 Å². The minimum atomic E-state index is -3.03. The van der Waals surface area contributed by atoms with Gasteiger partial charge in [0.05, 0.1) is 17.9 Å². The van der Waals surface area contributed by atoms with Gasteiger partial charge in [0.1, 0.15) is 5.82 Å². The second-order valence-electron chi connectivity index (χ2n) is 6.16. The van der Waals surface area contributed by atoms with Crippen LogP contribution in [0.15, 0.2) is 18.2 Å². The zero-order chi connectivity index (χ0) is 16.8. The second-order valence-corrected chi connectivity index (χ2v) is 8.39. The van der Waals surface area contributed by atoms with Crippen molar-refractivity contribution < 1.29 is 17.6 Å². The number of aryl methyl sites for hydroxylation is 1. The summed E-state index contributed by atoms with van der Waals surface area (Å²) >= 11 is 0. The number of H-pyrrole nitrogens is 1. The van der Waals surface area contributed by atoms with Crippen molar-refractivity contribution in [2.75, 3.05) is 18.6 Å². The highest BCUT2D eigenvalue weighted by Crippen LogP contribution is 2.25. The van der Waals surface area contributed by atoms with Gasteiger partial charge in [0, 0.05) is 29.7 Å². The standard InChI is InChI=1S/C16H19FN2O3S/c1-10-13(14-7-11(17)3-4-15(14)18-10)8-16(20)19(2)12-5-6-23(21,22)9-12/h3-4,7,12,18H,5-6,8-9H2,1-2H3/t12-/m1/s1. The Morgan fingerprint density at radius 3 is 2.83 bits per heavy atom. The third kappa shape index (κ3) is 3.10. The van der Waals surface area contributed by atoms with Crippen LogP contribution in [0.2, 0.25) is 0 Å². The maximum absolute atomic E-state index is 13.5. The lowest BCUT2D eigenvalue weighted by Crippen LogP contribution is -2.38. The first kappa shape index (κ1) is 16.0. The molecule has 1 aliphatic heterocycles. The number of carbonyl (C=O) groups is 1. The molecule has 5 nitrogen and oxygen atoms in total. The van der Waals surface area contributed by atoms with Crippen molar-refractivity contribution in [3.05, 3.63) is 35.3 Å². The van der Waals surface area contributed by atoms with Gasteiger partial charge in [0.2, 0.25) is 5.91 Å². The van der Waals surface area contributed by atoms with Crippen LogP contribution in [0, 0.1) is 12.7 Å². The van der Waals surface area contributed by atoms with Crippen molar-refractivity contribution in [2.45, 2.75) is 25.8 Å². The molecule has 0 bridgehead atoms. The van der Waals surface area contributed by atoms with Gasteiger partial charge in [-0.3, -0.25) is 4.79 Å². The van der Waals surface area contributed by atoms with Gasteiger partial charge >= 0.3 is 0 Å². The van der Waals surface area contributed by atoms with E-state index in [1.54, 1.807) is 13.1 Å². The fourth-order valence-corrected chi connectivity index (χ4v) is 4.92. The lowest BCUT2D eigenvalue weighted by atomic mass is 10.1. The van der Waals surface area contributed by atoms with E-state index in [1.807, 2.05) is 6.92 Å². The Morgan fingerprint density at radius 1 is 1.43 bits per heavy atom. The second kappa shape index (κ2) is 5.63. The Labute approximate surface area is 134 Å². The van der Waals surface area contributed by atoms with Crippen molar-refractivity contribution in [2.24, 2.45) is 0 Å². The molecule has 124 valence electrons. The summed E-state index contributed by atoms with van der Waals surface area (Å²) in [4.78, 5) is 17.2. The minimum absolute atomic E-state index is 0.0245. The number of hydrogen-bond donors (Lipinski definition) is 1. The summed E-state index contributed by atoms with van der Waals surface area (Å²) in [5.74, 6) is -0.343. The van der Waals surface area contributed by atoms with Crippen LogP contribution < -0.4 is 0 Å². The van der Waals surface area contributed by atoms with Gasteiger partial charge in [0.15, 0.2) is 9.84 Å². The van der Waals surface area contributed by atoms with Gasteiger partial charge in [-0.05, 0) is 37.1 Å². The molecule has 1 aromatic carbocycles. The first-order valence-corrected chi connectivity index (χ1v) is 9.32. The number of rotatable bonds is 3. The summed E-state index contributed by atoms with van der Waals surface area (Å²) in [6.45, 7) is 1.85. The number of fused-ring (bicyclic) bond motifs is 1. The van der Waals surface area contributed by atoms with E-state index in [9.17, 15) is 17.6 Å². The van der Waals surface area contributed by atoms with Crippen LogP contribution in [0.1, 0.15) is 17.7 Å². The highest BCUT2D eigenvalue weighted by molar-refractivity contribution is 7.91. The van der Waals surface area contributed by atoms with E-state index in [1.165, 1.54) is 17.0 Å². The molecule has 0 aliphatic carbocycles. The van der Waals surface area contributed by atoms with E-state index in [4.69, 9.17) is 0 Å². The summed E-state index contributed by atoms with van der Waals surface area (Å²) in [5, 5.41) is 0.697. The third-order valence-electron chi connectivity index (χ3n) is 4.56. The predicted molar refractivity (Wildman–Crippen MR) is 86.5 cm³/mol. The molecule has 0 unspecified atom stereocenters. The zero-order valence-electron chi connectivity index (χ0n) is 13.1. The van der Waals surface area contributed by atoms with Crippen LogP contribution >= 0.6 is 0 Å². The molecular formula is C16H19FN2O3S. The molecule has 0 spiro atoms. The van der Waals surface area contributed by atoms with Crippen LogP contribution in [0.25, 0.3) is 10.9 Å². The average Bonchev–Trinajstić information content (AvgIpc) is 2.99. The van der Waals surface area contributed by atoms with E-state index >= 15 is 0 Å². The molecule has 23 heavy (non-hydrogen) atoms. The summed E-state index contributed by atoms with van der Waals surface area (Å²) in [6, 6.07) is 4.18. The number of likely N-dealkylation sites (N-methyl/N-ethyl adjacent to an activating group) is 1. The zero-order valence-corrected chi connectivity index (χ0v) is 13.9. The summed E-state index contributed by atoms with van der Waals surface area (Å²) in [7, 11) is -1.40. The van der Waals surface area contributed by atoms with Crippen molar-refractivity contribution in [1.82, 2.24) is 9.88 Å². The normalized spacial score (nSPS) is 20.0. The molecule has 2 aromatic rings. The third-order valence-corrected chi connectivity index (χ3v) is 6.31. The van der Waals surface area contributed by atoms with Gasteiger partial charge in [0.25, 0.3) is 0 Å². The Kier molecular flexibility index (Phi) is 3.91. The summed E-state index contributed by atoms with van der Waals surface area (Å²) in [5.41, 5.74) is 2.38. The molecular weight excluding hydrogens is 319 g/mol. The first-order chi connectivity index (χ1) is 10.8. The quantitative estimate of drug-likeness (QED) is 0.928. The number of nitrogens with one attached hydrogen (secondary N) is 1. The maximum atomic E-state index is 13.5. The molecule has 2 heterocycles. The Bertz CT molecular complexity index is 873. The largest absolute Gasteiger partial charge is 0.358 e. The van der Waals surface area contributed by atoms with Gasteiger partial charge in [-0.1, -0.05) is 0 Å². The molecule has 1 N–H and O–H groups in total. The van der Waals surface area contributed by atoms with Gasteiger partial charge in [-0.15, -0.1) is 0 Å². The highest BCUT2D eigenvalue weighted by atomic mass is 32.2. The molecule has 1 aliphatic rings. The molecule has 1 amide bonds. The first-order valence-electron chi connectivity index (χ1n) is 7.49. The fraction of sp³-hybridized carbons (Fsp3) is 0.438. The lowest BCUT2D eigenvalue weighted by Gasteiger charge is -2.23. The monoisotopic (exact) mass is 338 g/mol. The maximum Gasteiger partial charge on any atom is 0.227 e. The highest BCUT2D eigenvalue weighted by Gasteiger charge is 2.32. The molecule has 1 atom stereocenters. The number of benzene rings is 1. The Morgan fingerprint density at radius 2 is 2.17 bits per heavy atom. The van der Waals surface area contributed by atoms with Crippen molar-refractivity contribution in [3.63, 3.8) is 0 Å². The molecule has 0 radical (unpaired) electrons. The molecule has 1 aromatic heterocycles. The average molecular weight is 338 g/mol. The van der Waals surface area contributed by atoms with Crippen molar-refractivity contribution >= 4 is 26.6 Å². The smallest absolute Gasteiger partial charge is 0.227 e. The predicted octanol–water partition coefficient (Wildman–Crippen LogP) is 1.80. The summed E-state index contributed by atoms with van der Waals surface area (Å²) < 4.78 is 36.6. The number of amides is 1. The molecule has 7 heteroatoms. The number of aromatic nitrogens is 1.